The van der Waals surface area contributed by atoms with E-state index in [1.54, 1.807) is 18.1 Å². The first-order chi connectivity index (χ1) is 9.97. The molecule has 0 aliphatic carbocycles. The third-order valence-corrected chi connectivity index (χ3v) is 3.22. The Hall–Kier alpha value is -1.88. The Morgan fingerprint density at radius 1 is 1.29 bits per heavy atom. The number of rotatable bonds is 8. The molecule has 1 amide bonds. The van der Waals surface area contributed by atoms with Crippen molar-refractivity contribution < 1.29 is 19.4 Å². The van der Waals surface area contributed by atoms with E-state index in [-0.39, 0.29) is 18.4 Å². The molecule has 0 aromatic heterocycles. The van der Waals surface area contributed by atoms with Crippen LogP contribution < -0.4 is 0 Å². The molecule has 0 fully saturated rings. The molecular formula is C16H23NO4. The van der Waals surface area contributed by atoms with Gasteiger partial charge in [0.25, 0.3) is 5.91 Å². The number of ether oxygens (including phenoxy) is 1. The van der Waals surface area contributed by atoms with Crippen LogP contribution >= 0.6 is 0 Å². The van der Waals surface area contributed by atoms with E-state index in [0.29, 0.717) is 25.1 Å². The number of carboxylic acids is 1. The van der Waals surface area contributed by atoms with Crippen LogP contribution in [-0.2, 0) is 16.1 Å². The molecule has 0 unspecified atom stereocenters. The number of benzene rings is 1. The highest BCUT2D eigenvalue weighted by molar-refractivity contribution is 5.95. The van der Waals surface area contributed by atoms with Crippen molar-refractivity contribution in [1.29, 1.82) is 0 Å². The average molecular weight is 293 g/mol. The van der Waals surface area contributed by atoms with Gasteiger partial charge in [-0.05, 0) is 31.9 Å². The lowest BCUT2D eigenvalue weighted by Crippen LogP contribution is -2.38. The molecule has 21 heavy (non-hydrogen) atoms. The number of methoxy groups -OCH3 is 1. The molecular weight excluding hydrogens is 270 g/mol. The van der Waals surface area contributed by atoms with Crippen molar-refractivity contribution in [1.82, 2.24) is 4.90 Å². The second kappa shape index (κ2) is 8.42. The second-order valence-electron chi connectivity index (χ2n) is 5.18. The number of carbonyl (C=O) groups excluding carboxylic acids is 1. The molecule has 0 saturated carbocycles. The van der Waals surface area contributed by atoms with Gasteiger partial charge in [-0.15, -0.1) is 0 Å². The lowest BCUT2D eigenvalue weighted by Gasteiger charge is -2.27. The Balaban J connectivity index is 2.88. The van der Waals surface area contributed by atoms with Gasteiger partial charge in [-0.3, -0.25) is 9.59 Å². The van der Waals surface area contributed by atoms with Crippen molar-refractivity contribution in [3.8, 4) is 0 Å². The molecule has 116 valence electrons. The van der Waals surface area contributed by atoms with Crippen LogP contribution in [0.1, 0.15) is 42.6 Å². The van der Waals surface area contributed by atoms with Crippen LogP contribution in [0.25, 0.3) is 0 Å². The summed E-state index contributed by atoms with van der Waals surface area (Å²) < 4.78 is 5.12. The summed E-state index contributed by atoms with van der Waals surface area (Å²) in [6.45, 7) is 4.67. The van der Waals surface area contributed by atoms with Crippen LogP contribution in [0.3, 0.4) is 0 Å². The minimum atomic E-state index is -0.842. The van der Waals surface area contributed by atoms with Crippen LogP contribution in [-0.4, -0.2) is 41.6 Å². The summed E-state index contributed by atoms with van der Waals surface area (Å²) in [6.07, 6.45) is 0.516. The van der Waals surface area contributed by atoms with Crippen molar-refractivity contribution in [2.45, 2.75) is 39.3 Å². The second-order valence-corrected chi connectivity index (χ2v) is 5.18. The minimum Gasteiger partial charge on any atom is -0.481 e. The summed E-state index contributed by atoms with van der Waals surface area (Å²) in [6, 6.07) is 7.36. The van der Waals surface area contributed by atoms with Crippen LogP contribution in [0.4, 0.5) is 0 Å². The van der Waals surface area contributed by atoms with Crippen molar-refractivity contribution in [3.63, 3.8) is 0 Å². The normalized spacial score (nSPS) is 10.7. The van der Waals surface area contributed by atoms with E-state index in [1.807, 2.05) is 32.0 Å². The van der Waals surface area contributed by atoms with Gasteiger partial charge >= 0.3 is 5.97 Å². The van der Waals surface area contributed by atoms with Gasteiger partial charge < -0.3 is 14.7 Å². The topological polar surface area (TPSA) is 66.8 Å². The maximum absolute atomic E-state index is 12.7. The quantitative estimate of drug-likeness (QED) is 0.800. The van der Waals surface area contributed by atoms with Gasteiger partial charge in [-0.1, -0.05) is 18.2 Å². The van der Waals surface area contributed by atoms with Gasteiger partial charge in [0.15, 0.2) is 0 Å². The maximum atomic E-state index is 12.7. The van der Waals surface area contributed by atoms with Gasteiger partial charge in [0.2, 0.25) is 0 Å². The van der Waals surface area contributed by atoms with Crippen molar-refractivity contribution >= 4 is 11.9 Å². The standard InChI is InChI=1S/C16H23NO4/c1-12(2)17(10-6-9-15(18)19)16(20)14-8-5-4-7-13(14)11-21-3/h4-5,7-8,12H,6,9-11H2,1-3H3,(H,18,19). The summed E-state index contributed by atoms with van der Waals surface area (Å²) >= 11 is 0. The molecule has 5 heteroatoms. The number of hydrogen-bond acceptors (Lipinski definition) is 3. The number of carboxylic acid groups (broad SMARTS) is 1. The van der Waals surface area contributed by atoms with E-state index in [9.17, 15) is 9.59 Å². The van der Waals surface area contributed by atoms with Crippen LogP contribution in [0, 0.1) is 0 Å². The maximum Gasteiger partial charge on any atom is 0.303 e. The molecule has 0 saturated heterocycles. The Morgan fingerprint density at radius 2 is 1.95 bits per heavy atom. The van der Waals surface area contributed by atoms with E-state index in [4.69, 9.17) is 9.84 Å². The van der Waals surface area contributed by atoms with E-state index in [1.165, 1.54) is 0 Å². The largest absolute Gasteiger partial charge is 0.481 e. The van der Waals surface area contributed by atoms with E-state index >= 15 is 0 Å². The highest BCUT2D eigenvalue weighted by atomic mass is 16.5. The molecule has 1 N–H and O–H groups in total. The van der Waals surface area contributed by atoms with Crippen molar-refractivity contribution in [3.05, 3.63) is 35.4 Å². The molecule has 1 aromatic carbocycles. The Labute approximate surface area is 125 Å². The van der Waals surface area contributed by atoms with Crippen molar-refractivity contribution in [2.24, 2.45) is 0 Å². The van der Waals surface area contributed by atoms with Gasteiger partial charge in [0.05, 0.1) is 6.61 Å². The number of nitrogens with zero attached hydrogens (tertiary/aromatic N) is 1. The summed E-state index contributed by atoms with van der Waals surface area (Å²) in [4.78, 5) is 25.0. The first-order valence-electron chi connectivity index (χ1n) is 7.07. The monoisotopic (exact) mass is 293 g/mol. The first kappa shape index (κ1) is 17.2. The fraction of sp³-hybridized carbons (Fsp3) is 0.500. The predicted octanol–water partition coefficient (Wildman–Crippen LogP) is 2.55. The van der Waals surface area contributed by atoms with Gasteiger partial charge in [0, 0.05) is 31.7 Å². The van der Waals surface area contributed by atoms with Crippen LogP contribution in [0.5, 0.6) is 0 Å². The molecule has 1 rings (SSSR count). The highest BCUT2D eigenvalue weighted by Gasteiger charge is 2.20. The number of amides is 1. The summed E-state index contributed by atoms with van der Waals surface area (Å²) in [5.41, 5.74) is 1.46. The zero-order chi connectivity index (χ0) is 15.8. The van der Waals surface area contributed by atoms with Crippen LogP contribution in [0.2, 0.25) is 0 Å². The molecule has 1 aromatic rings. The molecule has 5 nitrogen and oxygen atoms in total. The lowest BCUT2D eigenvalue weighted by molar-refractivity contribution is -0.137. The summed E-state index contributed by atoms with van der Waals surface area (Å²) in [5.74, 6) is -0.922. The predicted molar refractivity (Wildman–Crippen MR) is 80.2 cm³/mol. The first-order valence-corrected chi connectivity index (χ1v) is 7.07. The smallest absolute Gasteiger partial charge is 0.303 e. The van der Waals surface area contributed by atoms with Crippen molar-refractivity contribution in [2.75, 3.05) is 13.7 Å². The average Bonchev–Trinajstić information content (AvgIpc) is 2.43. The lowest BCUT2D eigenvalue weighted by atomic mass is 10.1. The fourth-order valence-corrected chi connectivity index (χ4v) is 2.16. The third-order valence-electron chi connectivity index (χ3n) is 3.22. The number of carbonyl (C=O) groups is 2. The van der Waals surface area contributed by atoms with Crippen LogP contribution in [0.15, 0.2) is 24.3 Å². The third kappa shape index (κ3) is 5.19. The molecule has 0 radical (unpaired) electrons. The molecule has 0 bridgehead atoms. The van der Waals surface area contributed by atoms with E-state index in [0.717, 1.165) is 5.56 Å². The summed E-state index contributed by atoms with van der Waals surface area (Å²) in [7, 11) is 1.59. The molecule has 0 spiro atoms. The minimum absolute atomic E-state index is 0.0156. The molecule has 0 atom stereocenters. The van der Waals surface area contributed by atoms with Gasteiger partial charge in [-0.25, -0.2) is 0 Å². The van der Waals surface area contributed by atoms with Gasteiger partial charge in [0.1, 0.15) is 0 Å². The Kier molecular flexibility index (Phi) is 6.88. The van der Waals surface area contributed by atoms with E-state index in [2.05, 4.69) is 0 Å². The number of aliphatic carboxylic acids is 1. The molecule has 0 aliphatic rings. The Bertz CT molecular complexity index is 485. The molecule has 0 aliphatic heterocycles. The van der Waals surface area contributed by atoms with Gasteiger partial charge in [-0.2, -0.15) is 0 Å². The summed E-state index contributed by atoms with van der Waals surface area (Å²) in [5, 5.41) is 8.71. The fourth-order valence-electron chi connectivity index (χ4n) is 2.16. The number of hydrogen-bond donors (Lipinski definition) is 1. The SMILES string of the molecule is COCc1ccccc1C(=O)N(CCCC(=O)O)C(C)C. The zero-order valence-electron chi connectivity index (χ0n) is 12.8. The zero-order valence-corrected chi connectivity index (χ0v) is 12.8. The highest BCUT2D eigenvalue weighted by Crippen LogP contribution is 2.15. The molecule has 0 heterocycles. The Morgan fingerprint density at radius 3 is 2.52 bits per heavy atom. The van der Waals surface area contributed by atoms with E-state index < -0.39 is 5.97 Å².